The number of carbonyl (C=O) groups is 2. The molecule has 24 heavy (non-hydrogen) atoms. The average Bonchev–Trinajstić information content (AvgIpc) is 2.86. The summed E-state index contributed by atoms with van der Waals surface area (Å²) < 4.78 is 0. The van der Waals surface area contributed by atoms with Crippen LogP contribution in [0.3, 0.4) is 0 Å². The van der Waals surface area contributed by atoms with Crippen LogP contribution in [-0.4, -0.2) is 22.8 Å². The lowest BCUT2D eigenvalue weighted by molar-refractivity contribution is -0.141. The molecule has 1 N–H and O–H groups in total. The predicted octanol–water partition coefficient (Wildman–Crippen LogP) is 3.69. The Morgan fingerprint density at radius 2 is 1.92 bits per heavy atom. The van der Waals surface area contributed by atoms with E-state index in [9.17, 15) is 14.7 Å². The van der Waals surface area contributed by atoms with Crippen molar-refractivity contribution in [3.8, 4) is 0 Å². The molecule has 3 nitrogen and oxygen atoms in total. The lowest BCUT2D eigenvalue weighted by Gasteiger charge is -2.56. The van der Waals surface area contributed by atoms with Gasteiger partial charge in [0.2, 0.25) is 0 Å². The minimum Gasteiger partial charge on any atom is -0.392 e. The summed E-state index contributed by atoms with van der Waals surface area (Å²) in [6, 6.07) is 0. The van der Waals surface area contributed by atoms with E-state index in [-0.39, 0.29) is 22.5 Å². The average molecular weight is 330 g/mol. The van der Waals surface area contributed by atoms with Crippen molar-refractivity contribution in [3.05, 3.63) is 11.6 Å². The minimum absolute atomic E-state index is 0.131. The third-order valence-electron chi connectivity index (χ3n) is 8.43. The summed E-state index contributed by atoms with van der Waals surface area (Å²) in [4.78, 5) is 25.1. The second-order valence-corrected chi connectivity index (χ2v) is 9.31. The van der Waals surface area contributed by atoms with Crippen molar-refractivity contribution in [2.75, 3.05) is 0 Å². The van der Waals surface area contributed by atoms with Gasteiger partial charge >= 0.3 is 0 Å². The van der Waals surface area contributed by atoms with Gasteiger partial charge < -0.3 is 5.11 Å². The largest absolute Gasteiger partial charge is 0.392 e. The van der Waals surface area contributed by atoms with E-state index in [1.807, 2.05) is 0 Å². The molecule has 7 atom stereocenters. The van der Waals surface area contributed by atoms with Crippen LogP contribution in [0.25, 0.3) is 0 Å². The van der Waals surface area contributed by atoms with Crippen molar-refractivity contribution in [2.24, 2.45) is 34.5 Å². The highest BCUT2D eigenvalue weighted by atomic mass is 16.3. The first-order valence-corrected chi connectivity index (χ1v) is 9.69. The van der Waals surface area contributed by atoms with E-state index in [1.165, 1.54) is 5.57 Å². The van der Waals surface area contributed by atoms with Crippen molar-refractivity contribution >= 4 is 11.6 Å². The van der Waals surface area contributed by atoms with Crippen molar-refractivity contribution in [1.29, 1.82) is 0 Å². The molecule has 3 unspecified atom stereocenters. The van der Waals surface area contributed by atoms with Crippen LogP contribution in [0.1, 0.15) is 65.7 Å². The second-order valence-electron chi connectivity index (χ2n) is 9.31. The number of Topliss-reactive ketones (excluding diaryl/α,β-unsaturated/α-hetero) is 2. The molecule has 3 saturated carbocycles. The Labute approximate surface area is 144 Å². The number of hydrogen-bond acceptors (Lipinski definition) is 3. The minimum atomic E-state index is -0.490. The number of hydrogen-bond donors (Lipinski definition) is 1. The van der Waals surface area contributed by atoms with Crippen molar-refractivity contribution in [3.63, 3.8) is 0 Å². The molecule has 4 rings (SSSR count). The molecular weight excluding hydrogens is 300 g/mol. The first-order chi connectivity index (χ1) is 11.3. The fourth-order valence-corrected chi connectivity index (χ4v) is 7.16. The molecule has 3 fully saturated rings. The van der Waals surface area contributed by atoms with E-state index in [0.717, 1.165) is 32.1 Å². The normalized spacial score (nSPS) is 50.6. The highest BCUT2D eigenvalue weighted by Gasteiger charge is 2.61. The zero-order valence-corrected chi connectivity index (χ0v) is 15.2. The van der Waals surface area contributed by atoms with Gasteiger partial charge in [-0.1, -0.05) is 18.6 Å². The molecule has 0 amide bonds. The van der Waals surface area contributed by atoms with Gasteiger partial charge in [0.25, 0.3) is 0 Å². The highest BCUT2D eigenvalue weighted by Crippen LogP contribution is 2.65. The van der Waals surface area contributed by atoms with E-state index < -0.39 is 6.10 Å². The Bertz CT molecular complexity index is 621. The van der Waals surface area contributed by atoms with Gasteiger partial charge in [-0.2, -0.15) is 0 Å². The van der Waals surface area contributed by atoms with Gasteiger partial charge in [-0.25, -0.2) is 0 Å². The molecule has 0 aromatic heterocycles. The maximum absolute atomic E-state index is 12.9. The van der Waals surface area contributed by atoms with Crippen molar-refractivity contribution < 1.29 is 14.7 Å². The van der Waals surface area contributed by atoms with Crippen molar-refractivity contribution in [2.45, 2.75) is 71.8 Å². The number of allylic oxidation sites excluding steroid dienone is 1. The lowest BCUT2D eigenvalue weighted by Crippen LogP contribution is -2.54. The Kier molecular flexibility index (Phi) is 3.62. The van der Waals surface area contributed by atoms with E-state index in [4.69, 9.17) is 0 Å². The van der Waals surface area contributed by atoms with E-state index in [0.29, 0.717) is 36.4 Å². The quantitative estimate of drug-likeness (QED) is 0.746. The predicted molar refractivity (Wildman–Crippen MR) is 92.3 cm³/mol. The number of carbonyl (C=O) groups excluding carboxylic acids is 2. The van der Waals surface area contributed by atoms with Crippen LogP contribution in [-0.2, 0) is 9.59 Å². The summed E-state index contributed by atoms with van der Waals surface area (Å²) in [7, 11) is 0. The summed E-state index contributed by atoms with van der Waals surface area (Å²) in [6.07, 6.45) is 8.08. The first-order valence-electron chi connectivity index (χ1n) is 9.69. The fraction of sp³-hybridized carbons (Fsp3) is 0.810. The van der Waals surface area contributed by atoms with Gasteiger partial charge in [-0.3, -0.25) is 9.59 Å². The zero-order valence-electron chi connectivity index (χ0n) is 15.2. The number of rotatable bonds is 1. The molecule has 0 bridgehead atoms. The Balaban J connectivity index is 1.70. The van der Waals surface area contributed by atoms with Crippen LogP contribution < -0.4 is 0 Å². The number of aliphatic hydroxyl groups is 1. The molecule has 0 spiro atoms. The van der Waals surface area contributed by atoms with Crippen LogP contribution >= 0.6 is 0 Å². The zero-order chi connectivity index (χ0) is 17.3. The monoisotopic (exact) mass is 330 g/mol. The number of aliphatic hydroxyl groups excluding tert-OH is 1. The van der Waals surface area contributed by atoms with Crippen molar-refractivity contribution in [1.82, 2.24) is 0 Å². The summed E-state index contributed by atoms with van der Waals surface area (Å²) in [6.45, 7) is 6.24. The summed E-state index contributed by atoms with van der Waals surface area (Å²) >= 11 is 0. The Morgan fingerprint density at radius 1 is 1.17 bits per heavy atom. The molecule has 0 heterocycles. The van der Waals surface area contributed by atoms with Crippen LogP contribution in [0.5, 0.6) is 0 Å². The van der Waals surface area contributed by atoms with E-state index in [1.54, 1.807) is 6.92 Å². The molecular formula is C21H30O3. The Morgan fingerprint density at radius 3 is 2.62 bits per heavy atom. The summed E-state index contributed by atoms with van der Waals surface area (Å²) in [5.41, 5.74) is 0.959. The van der Waals surface area contributed by atoms with Gasteiger partial charge in [0.05, 0.1) is 11.5 Å². The Hall–Kier alpha value is -0.960. The molecule has 3 heteroatoms. The first kappa shape index (κ1) is 16.5. The van der Waals surface area contributed by atoms with Crippen LogP contribution in [0.2, 0.25) is 0 Å². The van der Waals surface area contributed by atoms with Gasteiger partial charge in [0.1, 0.15) is 11.6 Å². The topological polar surface area (TPSA) is 54.4 Å². The lowest BCUT2D eigenvalue weighted by atomic mass is 9.47. The third-order valence-corrected chi connectivity index (χ3v) is 8.43. The molecule has 0 aromatic carbocycles. The number of fused-ring (bicyclic) bond motifs is 5. The molecule has 4 aliphatic rings. The molecule has 4 aliphatic carbocycles. The van der Waals surface area contributed by atoms with Crippen LogP contribution in [0.15, 0.2) is 11.6 Å². The maximum Gasteiger partial charge on any atom is 0.145 e. The molecule has 0 saturated heterocycles. The molecule has 0 aliphatic heterocycles. The maximum atomic E-state index is 12.9. The van der Waals surface area contributed by atoms with Gasteiger partial charge in [-0.15, -0.1) is 0 Å². The standard InChI is InChI=1S/C21H30O3/c1-12(22)16-6-7-17-15-5-4-13-10-14(23)11-19(24)21(13,3)18(15)8-9-20(16,17)2/h4,14-18,23H,5-11H2,1-3H3/t14-,15?,16+,17?,18?,20+,21-/m0/s1. The molecule has 132 valence electrons. The van der Waals surface area contributed by atoms with E-state index in [2.05, 4.69) is 19.9 Å². The molecule has 0 aromatic rings. The van der Waals surface area contributed by atoms with Gasteiger partial charge in [-0.05, 0) is 75.5 Å². The SMILES string of the molecule is CC(=O)[C@H]1CCC2C3CC=C4C[C@H](O)CC(=O)[C@]4(C)C3CC[C@@]21C. The summed E-state index contributed by atoms with van der Waals surface area (Å²) in [5, 5.41) is 10.0. The highest BCUT2D eigenvalue weighted by molar-refractivity contribution is 5.90. The van der Waals surface area contributed by atoms with Crippen LogP contribution in [0, 0.1) is 34.5 Å². The fourth-order valence-electron chi connectivity index (χ4n) is 7.16. The van der Waals surface area contributed by atoms with Gasteiger partial charge in [0.15, 0.2) is 0 Å². The van der Waals surface area contributed by atoms with Gasteiger partial charge in [0, 0.05) is 12.3 Å². The van der Waals surface area contributed by atoms with E-state index >= 15 is 0 Å². The summed E-state index contributed by atoms with van der Waals surface area (Å²) in [5.74, 6) is 2.31. The molecule has 0 radical (unpaired) electrons. The smallest absolute Gasteiger partial charge is 0.145 e. The third kappa shape index (κ3) is 2.00. The van der Waals surface area contributed by atoms with Crippen LogP contribution in [0.4, 0.5) is 0 Å². The second kappa shape index (κ2) is 5.27. The number of ketones is 2.